The standard InChI is InChI=1S/C21H17NO2/c23-21(24)16-20(17-10-4-1-5-11-17)22(18-12-6-2-7-13-18)19-14-8-3-9-15-19/h1-16H,(H,23,24)/b20-16+. The lowest BCUT2D eigenvalue weighted by Gasteiger charge is -2.28. The van der Waals surface area contributed by atoms with Crippen molar-refractivity contribution in [3.8, 4) is 0 Å². The van der Waals surface area contributed by atoms with Crippen LogP contribution >= 0.6 is 0 Å². The van der Waals surface area contributed by atoms with E-state index in [-0.39, 0.29) is 0 Å². The maximum atomic E-state index is 11.4. The van der Waals surface area contributed by atoms with E-state index in [2.05, 4.69) is 0 Å². The molecule has 0 aliphatic carbocycles. The summed E-state index contributed by atoms with van der Waals surface area (Å²) in [7, 11) is 0. The molecule has 3 aromatic rings. The third-order valence-electron chi connectivity index (χ3n) is 3.60. The molecule has 0 aromatic heterocycles. The predicted molar refractivity (Wildman–Crippen MR) is 97.1 cm³/mol. The van der Waals surface area contributed by atoms with Crippen LogP contribution in [0.4, 0.5) is 11.4 Å². The van der Waals surface area contributed by atoms with Crippen molar-refractivity contribution in [2.24, 2.45) is 0 Å². The summed E-state index contributed by atoms with van der Waals surface area (Å²) in [5, 5.41) is 9.38. The van der Waals surface area contributed by atoms with Gasteiger partial charge in [0.2, 0.25) is 0 Å². The van der Waals surface area contributed by atoms with Crippen molar-refractivity contribution in [1.82, 2.24) is 0 Å². The van der Waals surface area contributed by atoms with Crippen LogP contribution in [0, 0.1) is 0 Å². The summed E-state index contributed by atoms with van der Waals surface area (Å²) < 4.78 is 0. The molecule has 3 rings (SSSR count). The Morgan fingerprint density at radius 3 is 1.54 bits per heavy atom. The maximum Gasteiger partial charge on any atom is 0.330 e. The van der Waals surface area contributed by atoms with Crippen molar-refractivity contribution >= 4 is 23.0 Å². The molecule has 3 nitrogen and oxygen atoms in total. The van der Waals surface area contributed by atoms with Gasteiger partial charge in [0, 0.05) is 17.5 Å². The molecule has 0 saturated carbocycles. The van der Waals surface area contributed by atoms with Crippen LogP contribution in [0.5, 0.6) is 0 Å². The zero-order chi connectivity index (χ0) is 16.8. The Morgan fingerprint density at radius 2 is 1.12 bits per heavy atom. The number of hydrogen-bond acceptors (Lipinski definition) is 2. The predicted octanol–water partition coefficient (Wildman–Crippen LogP) is 4.95. The number of aliphatic carboxylic acids is 1. The zero-order valence-corrected chi connectivity index (χ0v) is 13.0. The van der Waals surface area contributed by atoms with Gasteiger partial charge in [0.1, 0.15) is 0 Å². The van der Waals surface area contributed by atoms with Crippen LogP contribution < -0.4 is 4.90 Å². The van der Waals surface area contributed by atoms with Gasteiger partial charge in [0.05, 0.1) is 5.70 Å². The highest BCUT2D eigenvalue weighted by Crippen LogP contribution is 2.34. The molecular formula is C21H17NO2. The Kier molecular flexibility index (Phi) is 4.73. The molecule has 0 aliphatic heterocycles. The third kappa shape index (κ3) is 3.52. The van der Waals surface area contributed by atoms with E-state index in [0.29, 0.717) is 5.70 Å². The molecule has 0 saturated heterocycles. The Hall–Kier alpha value is -3.33. The van der Waals surface area contributed by atoms with E-state index in [9.17, 15) is 9.90 Å². The number of nitrogens with zero attached hydrogens (tertiary/aromatic N) is 1. The molecule has 3 heteroatoms. The van der Waals surface area contributed by atoms with Crippen LogP contribution in [0.1, 0.15) is 5.56 Å². The smallest absolute Gasteiger partial charge is 0.330 e. The molecule has 24 heavy (non-hydrogen) atoms. The molecule has 118 valence electrons. The van der Waals surface area contributed by atoms with E-state index >= 15 is 0 Å². The SMILES string of the molecule is O=C(O)/C=C(\c1ccccc1)N(c1ccccc1)c1ccccc1. The minimum Gasteiger partial charge on any atom is -0.478 e. The highest BCUT2D eigenvalue weighted by atomic mass is 16.4. The first-order valence-electron chi connectivity index (χ1n) is 7.66. The summed E-state index contributed by atoms with van der Waals surface area (Å²) in [4.78, 5) is 13.4. The van der Waals surface area contributed by atoms with Crippen molar-refractivity contribution in [3.05, 3.63) is 103 Å². The average Bonchev–Trinajstić information content (AvgIpc) is 2.63. The second-order valence-electron chi connectivity index (χ2n) is 5.24. The number of anilines is 2. The summed E-state index contributed by atoms with van der Waals surface area (Å²) in [5.74, 6) is -0.981. The molecular weight excluding hydrogens is 298 g/mol. The molecule has 0 aliphatic rings. The highest BCUT2D eigenvalue weighted by molar-refractivity contribution is 5.97. The molecule has 3 aromatic carbocycles. The molecule has 0 amide bonds. The van der Waals surface area contributed by atoms with Crippen molar-refractivity contribution in [1.29, 1.82) is 0 Å². The molecule has 0 fully saturated rings. The molecule has 0 bridgehead atoms. The van der Waals surface area contributed by atoms with Crippen molar-refractivity contribution in [3.63, 3.8) is 0 Å². The molecule has 0 radical (unpaired) electrons. The molecule has 0 atom stereocenters. The second kappa shape index (κ2) is 7.29. The van der Waals surface area contributed by atoms with E-state index in [0.717, 1.165) is 16.9 Å². The summed E-state index contributed by atoms with van der Waals surface area (Å²) in [6, 6.07) is 29.0. The monoisotopic (exact) mass is 315 g/mol. The van der Waals surface area contributed by atoms with E-state index < -0.39 is 5.97 Å². The molecule has 0 heterocycles. The number of carboxylic acids is 1. The van der Waals surface area contributed by atoms with Gasteiger partial charge in [-0.15, -0.1) is 0 Å². The fraction of sp³-hybridized carbons (Fsp3) is 0. The van der Waals surface area contributed by atoms with Gasteiger partial charge in [0.15, 0.2) is 0 Å². The van der Waals surface area contributed by atoms with Gasteiger partial charge in [-0.3, -0.25) is 0 Å². The number of para-hydroxylation sites is 2. The number of carboxylic acid groups (broad SMARTS) is 1. The van der Waals surface area contributed by atoms with Crippen LogP contribution in [0.25, 0.3) is 5.70 Å². The van der Waals surface area contributed by atoms with Crippen LogP contribution in [0.2, 0.25) is 0 Å². The van der Waals surface area contributed by atoms with E-state index in [1.165, 1.54) is 6.08 Å². The Morgan fingerprint density at radius 1 is 0.708 bits per heavy atom. The Labute approximate surface area is 141 Å². The summed E-state index contributed by atoms with van der Waals surface area (Å²) in [6.07, 6.45) is 1.25. The first-order chi connectivity index (χ1) is 11.8. The van der Waals surface area contributed by atoms with Crippen molar-refractivity contribution in [2.75, 3.05) is 4.90 Å². The quantitative estimate of drug-likeness (QED) is 0.677. The highest BCUT2D eigenvalue weighted by Gasteiger charge is 2.17. The van der Waals surface area contributed by atoms with E-state index in [4.69, 9.17) is 0 Å². The maximum absolute atomic E-state index is 11.4. The van der Waals surface area contributed by atoms with Gasteiger partial charge in [-0.25, -0.2) is 4.79 Å². The van der Waals surface area contributed by atoms with Gasteiger partial charge in [-0.05, 0) is 29.8 Å². The van der Waals surface area contributed by atoms with Crippen LogP contribution in [-0.2, 0) is 4.79 Å². The number of rotatable bonds is 5. The summed E-state index contributed by atoms with van der Waals surface area (Å²) in [6.45, 7) is 0. The van der Waals surface area contributed by atoms with Gasteiger partial charge >= 0.3 is 5.97 Å². The fourth-order valence-corrected chi connectivity index (χ4v) is 2.58. The Balaban J connectivity index is 2.20. The van der Waals surface area contributed by atoms with Gasteiger partial charge in [-0.1, -0.05) is 66.7 Å². The number of hydrogen-bond donors (Lipinski definition) is 1. The first kappa shape index (κ1) is 15.6. The van der Waals surface area contributed by atoms with Gasteiger partial charge in [-0.2, -0.15) is 0 Å². The van der Waals surface area contributed by atoms with Crippen LogP contribution in [0.3, 0.4) is 0 Å². The number of carbonyl (C=O) groups is 1. The third-order valence-corrected chi connectivity index (χ3v) is 3.60. The summed E-state index contributed by atoms with van der Waals surface area (Å²) >= 11 is 0. The topological polar surface area (TPSA) is 40.5 Å². The number of benzene rings is 3. The zero-order valence-electron chi connectivity index (χ0n) is 13.0. The minimum atomic E-state index is -0.981. The van der Waals surface area contributed by atoms with Crippen LogP contribution in [0.15, 0.2) is 97.1 Å². The second-order valence-corrected chi connectivity index (χ2v) is 5.24. The molecule has 0 spiro atoms. The Bertz CT molecular complexity index is 788. The largest absolute Gasteiger partial charge is 0.478 e. The van der Waals surface area contributed by atoms with E-state index in [1.54, 1.807) is 0 Å². The van der Waals surface area contributed by atoms with Gasteiger partial charge < -0.3 is 10.0 Å². The normalized spacial score (nSPS) is 11.1. The minimum absolute atomic E-state index is 0.612. The van der Waals surface area contributed by atoms with Crippen LogP contribution in [-0.4, -0.2) is 11.1 Å². The summed E-state index contributed by atoms with van der Waals surface area (Å²) in [5.41, 5.74) is 3.26. The molecule has 1 N–H and O–H groups in total. The van der Waals surface area contributed by atoms with E-state index in [1.807, 2.05) is 95.9 Å². The fourth-order valence-electron chi connectivity index (χ4n) is 2.58. The van der Waals surface area contributed by atoms with Gasteiger partial charge in [0.25, 0.3) is 0 Å². The van der Waals surface area contributed by atoms with Crippen molar-refractivity contribution < 1.29 is 9.90 Å². The average molecular weight is 315 g/mol. The van der Waals surface area contributed by atoms with Crippen molar-refractivity contribution in [2.45, 2.75) is 0 Å². The molecule has 0 unspecified atom stereocenters. The first-order valence-corrected chi connectivity index (χ1v) is 7.66. The lowest BCUT2D eigenvalue weighted by atomic mass is 10.1. The lowest BCUT2D eigenvalue weighted by molar-refractivity contribution is -0.131. The lowest BCUT2D eigenvalue weighted by Crippen LogP contribution is -2.16.